The summed E-state index contributed by atoms with van der Waals surface area (Å²) in [6.45, 7) is 3.10. The molecule has 0 bridgehead atoms. The van der Waals surface area contributed by atoms with E-state index in [1.807, 2.05) is 12.4 Å². The SMILES string of the molecule is CN1CCCC1CNCc1cnc2cnc(Br)cn12. The Kier molecular flexibility index (Phi) is 3.81. The van der Waals surface area contributed by atoms with Gasteiger partial charge in [0.15, 0.2) is 5.65 Å². The summed E-state index contributed by atoms with van der Waals surface area (Å²) in [7, 11) is 2.20. The normalized spacial score (nSPS) is 20.4. The Morgan fingerprint density at radius 3 is 3.11 bits per heavy atom. The maximum Gasteiger partial charge on any atom is 0.155 e. The minimum absolute atomic E-state index is 0.674. The molecule has 0 aliphatic carbocycles. The van der Waals surface area contributed by atoms with Gasteiger partial charge in [0.25, 0.3) is 0 Å². The van der Waals surface area contributed by atoms with E-state index >= 15 is 0 Å². The van der Waals surface area contributed by atoms with E-state index in [1.165, 1.54) is 25.1 Å². The van der Waals surface area contributed by atoms with Crippen LogP contribution in [0.15, 0.2) is 23.2 Å². The third kappa shape index (κ3) is 2.80. The fourth-order valence-electron chi connectivity index (χ4n) is 2.65. The predicted molar refractivity (Wildman–Crippen MR) is 78.0 cm³/mol. The second-order valence-electron chi connectivity index (χ2n) is 5.10. The molecule has 0 saturated carbocycles. The number of imidazole rings is 1. The van der Waals surface area contributed by atoms with Crippen LogP contribution in [0, 0.1) is 0 Å². The Morgan fingerprint density at radius 2 is 2.32 bits per heavy atom. The molecule has 1 aliphatic heterocycles. The van der Waals surface area contributed by atoms with Crippen molar-refractivity contribution in [2.45, 2.75) is 25.4 Å². The molecule has 6 heteroatoms. The molecule has 1 unspecified atom stereocenters. The average molecular weight is 324 g/mol. The lowest BCUT2D eigenvalue weighted by Gasteiger charge is -2.19. The first-order valence-corrected chi connectivity index (χ1v) is 7.42. The summed E-state index contributed by atoms with van der Waals surface area (Å²) in [6, 6.07) is 0.674. The van der Waals surface area contributed by atoms with Crippen molar-refractivity contribution in [3.05, 3.63) is 28.9 Å². The average Bonchev–Trinajstić information content (AvgIpc) is 2.97. The first-order chi connectivity index (χ1) is 9.24. The van der Waals surface area contributed by atoms with Crippen LogP contribution in [0.1, 0.15) is 18.5 Å². The molecule has 3 rings (SSSR count). The third-order valence-corrected chi connectivity index (χ3v) is 4.21. The van der Waals surface area contributed by atoms with Crippen LogP contribution in [0.3, 0.4) is 0 Å². The summed E-state index contributed by atoms with van der Waals surface area (Å²) < 4.78 is 2.90. The van der Waals surface area contributed by atoms with Gasteiger partial charge in [-0.25, -0.2) is 9.97 Å². The molecule has 1 N–H and O–H groups in total. The van der Waals surface area contributed by atoms with Crippen molar-refractivity contribution in [1.82, 2.24) is 24.6 Å². The van der Waals surface area contributed by atoms with Crippen molar-refractivity contribution in [2.24, 2.45) is 0 Å². The largest absolute Gasteiger partial charge is 0.310 e. The summed E-state index contributed by atoms with van der Waals surface area (Å²) in [4.78, 5) is 11.0. The van der Waals surface area contributed by atoms with E-state index < -0.39 is 0 Å². The van der Waals surface area contributed by atoms with Gasteiger partial charge < -0.3 is 10.2 Å². The molecule has 1 saturated heterocycles. The number of likely N-dealkylation sites (N-methyl/N-ethyl adjacent to an activating group) is 1. The molecule has 1 atom stereocenters. The second kappa shape index (κ2) is 5.56. The lowest BCUT2D eigenvalue weighted by Crippen LogP contribution is -2.35. The number of hydrogen-bond donors (Lipinski definition) is 1. The number of hydrogen-bond acceptors (Lipinski definition) is 4. The van der Waals surface area contributed by atoms with Crippen LogP contribution in [-0.2, 0) is 6.54 Å². The lowest BCUT2D eigenvalue weighted by atomic mass is 10.2. The standard InChI is InChI=1S/C13H18BrN5/c1-18-4-2-3-10(18)5-15-6-11-7-17-13-8-16-12(14)9-19(11)13/h7-10,15H,2-6H2,1H3. The van der Waals surface area contributed by atoms with Gasteiger partial charge in [-0.05, 0) is 42.4 Å². The minimum Gasteiger partial charge on any atom is -0.310 e. The number of aromatic nitrogens is 3. The van der Waals surface area contributed by atoms with Crippen LogP contribution in [-0.4, -0.2) is 45.4 Å². The Hall–Kier alpha value is -0.980. The number of rotatable bonds is 4. The Morgan fingerprint density at radius 1 is 1.42 bits per heavy atom. The van der Waals surface area contributed by atoms with Gasteiger partial charge in [-0.15, -0.1) is 0 Å². The van der Waals surface area contributed by atoms with Crippen LogP contribution in [0.25, 0.3) is 5.65 Å². The molecule has 0 radical (unpaired) electrons. The monoisotopic (exact) mass is 323 g/mol. The van der Waals surface area contributed by atoms with E-state index in [0.29, 0.717) is 6.04 Å². The van der Waals surface area contributed by atoms with Gasteiger partial charge in [0.05, 0.1) is 18.1 Å². The number of nitrogens with one attached hydrogen (secondary N) is 1. The number of fused-ring (bicyclic) bond motifs is 1. The number of likely N-dealkylation sites (tertiary alicyclic amines) is 1. The molecular formula is C13H18BrN5. The minimum atomic E-state index is 0.674. The molecule has 0 amide bonds. The van der Waals surface area contributed by atoms with Gasteiger partial charge in [-0.1, -0.05) is 0 Å². The smallest absolute Gasteiger partial charge is 0.155 e. The first-order valence-electron chi connectivity index (χ1n) is 6.62. The van der Waals surface area contributed by atoms with Gasteiger partial charge in [0, 0.05) is 25.3 Å². The lowest BCUT2D eigenvalue weighted by molar-refractivity contribution is 0.300. The highest BCUT2D eigenvalue weighted by Gasteiger charge is 2.20. The number of nitrogens with zero attached hydrogens (tertiary/aromatic N) is 4. The van der Waals surface area contributed by atoms with Gasteiger partial charge in [0.1, 0.15) is 4.60 Å². The molecule has 1 aliphatic rings. The molecule has 0 aromatic carbocycles. The Labute approximate surface area is 121 Å². The van der Waals surface area contributed by atoms with Gasteiger partial charge >= 0.3 is 0 Å². The van der Waals surface area contributed by atoms with Gasteiger partial charge in [-0.2, -0.15) is 0 Å². The molecule has 5 nitrogen and oxygen atoms in total. The molecule has 102 valence electrons. The summed E-state index contributed by atoms with van der Waals surface area (Å²) in [5.74, 6) is 0. The quantitative estimate of drug-likeness (QED) is 0.929. The molecule has 2 aromatic heterocycles. The maximum atomic E-state index is 4.35. The zero-order valence-electron chi connectivity index (χ0n) is 11.0. The number of halogens is 1. The summed E-state index contributed by atoms with van der Waals surface area (Å²) in [5, 5.41) is 3.53. The fraction of sp³-hybridized carbons (Fsp3) is 0.538. The van der Waals surface area contributed by atoms with Crippen LogP contribution in [0.5, 0.6) is 0 Å². The van der Waals surface area contributed by atoms with Crippen molar-refractivity contribution in [2.75, 3.05) is 20.1 Å². The first kappa shape index (κ1) is 13.0. The summed E-state index contributed by atoms with van der Waals surface area (Å²) in [5.41, 5.74) is 2.05. The van der Waals surface area contributed by atoms with Crippen molar-refractivity contribution < 1.29 is 0 Å². The highest BCUT2D eigenvalue weighted by Crippen LogP contribution is 2.14. The second-order valence-corrected chi connectivity index (χ2v) is 5.91. The zero-order chi connectivity index (χ0) is 13.2. The van der Waals surface area contributed by atoms with Gasteiger partial charge in [0.2, 0.25) is 0 Å². The molecule has 2 aromatic rings. The zero-order valence-corrected chi connectivity index (χ0v) is 12.6. The van der Waals surface area contributed by atoms with Crippen molar-refractivity contribution in [3.63, 3.8) is 0 Å². The van der Waals surface area contributed by atoms with E-state index in [4.69, 9.17) is 0 Å². The molecule has 0 spiro atoms. The highest BCUT2D eigenvalue weighted by atomic mass is 79.9. The maximum absolute atomic E-state index is 4.35. The van der Waals surface area contributed by atoms with E-state index in [1.54, 1.807) is 6.20 Å². The van der Waals surface area contributed by atoms with Crippen LogP contribution in [0.2, 0.25) is 0 Å². The van der Waals surface area contributed by atoms with Crippen LogP contribution >= 0.6 is 15.9 Å². The Bertz CT molecular complexity index is 567. The van der Waals surface area contributed by atoms with Crippen molar-refractivity contribution in [1.29, 1.82) is 0 Å². The van der Waals surface area contributed by atoms with Crippen molar-refractivity contribution in [3.8, 4) is 0 Å². The van der Waals surface area contributed by atoms with E-state index in [0.717, 1.165) is 23.3 Å². The van der Waals surface area contributed by atoms with E-state index in [2.05, 4.69) is 47.6 Å². The fourth-order valence-corrected chi connectivity index (χ4v) is 2.96. The predicted octanol–water partition coefficient (Wildman–Crippen LogP) is 1.68. The molecule has 19 heavy (non-hydrogen) atoms. The van der Waals surface area contributed by atoms with Crippen LogP contribution in [0.4, 0.5) is 0 Å². The van der Waals surface area contributed by atoms with E-state index in [9.17, 15) is 0 Å². The highest BCUT2D eigenvalue weighted by molar-refractivity contribution is 9.10. The van der Waals surface area contributed by atoms with Crippen molar-refractivity contribution >= 4 is 21.6 Å². The third-order valence-electron chi connectivity index (χ3n) is 3.80. The van der Waals surface area contributed by atoms with Gasteiger partial charge in [-0.3, -0.25) is 4.40 Å². The summed E-state index contributed by atoms with van der Waals surface area (Å²) >= 11 is 3.39. The molecule has 3 heterocycles. The topological polar surface area (TPSA) is 45.5 Å². The Balaban J connectivity index is 1.63. The van der Waals surface area contributed by atoms with E-state index in [-0.39, 0.29) is 0 Å². The summed E-state index contributed by atoms with van der Waals surface area (Å²) in [6.07, 6.45) is 8.26. The molecule has 1 fully saturated rings. The molecular weight excluding hydrogens is 306 g/mol. The van der Waals surface area contributed by atoms with Crippen LogP contribution < -0.4 is 5.32 Å².